The minimum Gasteiger partial charge on any atom is -0.495 e. The van der Waals surface area contributed by atoms with E-state index in [1.165, 1.54) is 19.5 Å². The molecule has 1 aromatic carbocycles. The summed E-state index contributed by atoms with van der Waals surface area (Å²) in [4.78, 5) is 24.6. The van der Waals surface area contributed by atoms with Crippen LogP contribution >= 0.6 is 0 Å². The number of methoxy groups -OCH3 is 1. The number of aliphatic hydroxyl groups is 1. The number of aromatic nitrogens is 3. The number of aliphatic hydroxyl groups excluding tert-OH is 1. The zero-order valence-corrected chi connectivity index (χ0v) is 23.0. The molecule has 2 aliphatic heterocycles. The van der Waals surface area contributed by atoms with Crippen LogP contribution in [0.15, 0.2) is 37.2 Å². The summed E-state index contributed by atoms with van der Waals surface area (Å²) in [6, 6.07) is 7.63. The summed E-state index contributed by atoms with van der Waals surface area (Å²) in [7, 11) is 1.54. The number of nitriles is 1. The molecule has 206 valence electrons. The highest BCUT2D eigenvalue weighted by molar-refractivity contribution is 6.03. The molecule has 2 saturated heterocycles. The Bertz CT molecular complexity index is 1570. The number of hydrogen-bond donors (Lipinski definition) is 2. The van der Waals surface area contributed by atoms with Crippen LogP contribution in [0.2, 0.25) is 0 Å². The summed E-state index contributed by atoms with van der Waals surface area (Å²) in [6.45, 7) is 10.1. The van der Waals surface area contributed by atoms with Crippen LogP contribution in [0.25, 0.3) is 22.2 Å². The van der Waals surface area contributed by atoms with E-state index in [1.54, 1.807) is 11.0 Å². The highest BCUT2D eigenvalue weighted by atomic mass is 16.5. The zero-order chi connectivity index (χ0) is 28.6. The summed E-state index contributed by atoms with van der Waals surface area (Å²) in [6.07, 6.45) is 2.86. The van der Waals surface area contributed by atoms with Crippen LogP contribution < -0.4 is 10.5 Å². The highest BCUT2D eigenvalue weighted by Crippen LogP contribution is 2.40. The Balaban J connectivity index is 1.47. The molecular formula is C30H33N7O3. The molecule has 2 aliphatic rings. The number of likely N-dealkylation sites (tertiary alicyclic amines) is 2. The predicted molar refractivity (Wildman–Crippen MR) is 152 cm³/mol. The standard InChI is InChI=1S/C30H33N7O3/c1-5-26(39)35-11-10-22(24(38)16-35)36-14-19(15-36)6-9-23-27(20-7-8-21(13-31)25(12-20)40-4)28-29(32)33-17-34-30(28)37(23)18(2)3/h5,7-8,12,17-19,22,24,38H,1,10-11,14-16H2,2-4H3,(H2,32,33,34)/t22-,24+/m0/s1. The molecule has 2 atom stereocenters. The number of carbonyl (C=O) groups excluding carboxylic acids is 1. The smallest absolute Gasteiger partial charge is 0.246 e. The van der Waals surface area contributed by atoms with Gasteiger partial charge in [-0.25, -0.2) is 9.97 Å². The van der Waals surface area contributed by atoms with E-state index in [0.717, 1.165) is 29.9 Å². The van der Waals surface area contributed by atoms with Crippen molar-refractivity contribution in [3.8, 4) is 34.8 Å². The molecule has 0 saturated carbocycles. The van der Waals surface area contributed by atoms with Gasteiger partial charge in [0.15, 0.2) is 0 Å². The number of nitrogens with two attached hydrogens (primary N) is 1. The van der Waals surface area contributed by atoms with Gasteiger partial charge in [-0.2, -0.15) is 5.26 Å². The molecule has 0 radical (unpaired) electrons. The van der Waals surface area contributed by atoms with E-state index in [4.69, 9.17) is 10.5 Å². The van der Waals surface area contributed by atoms with E-state index in [1.807, 2.05) is 12.1 Å². The molecule has 10 heteroatoms. The first kappa shape index (κ1) is 27.2. The topological polar surface area (TPSA) is 134 Å². The van der Waals surface area contributed by atoms with Gasteiger partial charge in [-0.1, -0.05) is 18.6 Å². The Morgan fingerprint density at radius 2 is 2.08 bits per heavy atom. The fourth-order valence-electron chi connectivity index (χ4n) is 5.72. The number of nitrogens with zero attached hydrogens (tertiary/aromatic N) is 6. The molecule has 0 bridgehead atoms. The van der Waals surface area contributed by atoms with E-state index in [-0.39, 0.29) is 23.9 Å². The first-order chi connectivity index (χ1) is 19.3. The molecule has 40 heavy (non-hydrogen) atoms. The lowest BCUT2D eigenvalue weighted by atomic mass is 9.91. The van der Waals surface area contributed by atoms with Crippen LogP contribution in [0, 0.1) is 29.1 Å². The van der Waals surface area contributed by atoms with Crippen molar-refractivity contribution in [2.45, 2.75) is 38.5 Å². The van der Waals surface area contributed by atoms with Gasteiger partial charge in [-0.05, 0) is 50.0 Å². The van der Waals surface area contributed by atoms with Gasteiger partial charge in [0, 0.05) is 49.7 Å². The maximum Gasteiger partial charge on any atom is 0.246 e. The van der Waals surface area contributed by atoms with Crippen molar-refractivity contribution in [1.82, 2.24) is 24.3 Å². The van der Waals surface area contributed by atoms with Crippen molar-refractivity contribution in [1.29, 1.82) is 5.26 Å². The van der Waals surface area contributed by atoms with Crippen LogP contribution in [0.4, 0.5) is 5.82 Å². The molecule has 4 heterocycles. The van der Waals surface area contributed by atoms with Crippen molar-refractivity contribution in [2.75, 3.05) is 39.0 Å². The number of hydrogen-bond acceptors (Lipinski definition) is 8. The van der Waals surface area contributed by atoms with E-state index in [2.05, 4.69) is 57.8 Å². The fourth-order valence-corrected chi connectivity index (χ4v) is 5.72. The van der Waals surface area contributed by atoms with Crippen molar-refractivity contribution < 1.29 is 14.6 Å². The van der Waals surface area contributed by atoms with Crippen molar-refractivity contribution in [2.24, 2.45) is 5.92 Å². The van der Waals surface area contributed by atoms with Gasteiger partial charge in [-0.15, -0.1) is 0 Å². The minimum atomic E-state index is -0.602. The average molecular weight is 540 g/mol. The van der Waals surface area contributed by atoms with Gasteiger partial charge >= 0.3 is 0 Å². The molecule has 3 aromatic rings. The first-order valence-electron chi connectivity index (χ1n) is 13.3. The summed E-state index contributed by atoms with van der Waals surface area (Å²) in [5, 5.41) is 20.9. The molecular weight excluding hydrogens is 506 g/mol. The number of carbonyl (C=O) groups is 1. The van der Waals surface area contributed by atoms with Gasteiger partial charge in [0.1, 0.15) is 35.3 Å². The lowest BCUT2D eigenvalue weighted by Crippen LogP contribution is -2.61. The van der Waals surface area contributed by atoms with E-state index in [9.17, 15) is 15.2 Å². The maximum atomic E-state index is 11.9. The largest absolute Gasteiger partial charge is 0.495 e. The minimum absolute atomic E-state index is 0.00535. The molecule has 10 nitrogen and oxygen atoms in total. The predicted octanol–water partition coefficient (Wildman–Crippen LogP) is 2.57. The Kier molecular flexibility index (Phi) is 7.49. The summed E-state index contributed by atoms with van der Waals surface area (Å²) in [5.74, 6) is 7.70. The van der Waals surface area contributed by atoms with Gasteiger partial charge in [-0.3, -0.25) is 9.69 Å². The third-order valence-electron chi connectivity index (χ3n) is 7.75. The van der Waals surface area contributed by atoms with E-state index in [0.29, 0.717) is 47.7 Å². The second-order valence-electron chi connectivity index (χ2n) is 10.5. The number of piperidine rings is 1. The number of anilines is 1. The van der Waals surface area contributed by atoms with Crippen molar-refractivity contribution >= 4 is 22.8 Å². The van der Waals surface area contributed by atoms with Crippen LogP contribution in [0.1, 0.15) is 37.6 Å². The number of β-amino-alcohol motifs (C(OH)–C–C–N with tert-alkyl or cyclic N) is 1. The lowest BCUT2D eigenvalue weighted by molar-refractivity contribution is -0.132. The summed E-state index contributed by atoms with van der Waals surface area (Å²) < 4.78 is 7.56. The maximum absolute atomic E-state index is 11.9. The number of rotatable bonds is 5. The van der Waals surface area contributed by atoms with Crippen molar-refractivity contribution in [3.05, 3.63) is 48.4 Å². The molecule has 1 amide bonds. The summed E-state index contributed by atoms with van der Waals surface area (Å²) in [5.41, 5.74) is 9.92. The normalized spacial score (nSPS) is 19.6. The fraction of sp³-hybridized carbons (Fsp3) is 0.400. The monoisotopic (exact) mass is 539 g/mol. The quantitative estimate of drug-likeness (QED) is 0.373. The third-order valence-corrected chi connectivity index (χ3v) is 7.75. The lowest BCUT2D eigenvalue weighted by Gasteiger charge is -2.47. The van der Waals surface area contributed by atoms with E-state index < -0.39 is 6.10 Å². The zero-order valence-electron chi connectivity index (χ0n) is 23.0. The highest BCUT2D eigenvalue weighted by Gasteiger charge is 2.39. The Morgan fingerprint density at radius 3 is 2.73 bits per heavy atom. The third kappa shape index (κ3) is 4.77. The van der Waals surface area contributed by atoms with Crippen LogP contribution in [0.3, 0.4) is 0 Å². The molecule has 0 aliphatic carbocycles. The summed E-state index contributed by atoms with van der Waals surface area (Å²) >= 11 is 0. The number of benzene rings is 1. The molecule has 0 unspecified atom stereocenters. The van der Waals surface area contributed by atoms with Crippen molar-refractivity contribution in [3.63, 3.8) is 0 Å². The Hall–Kier alpha value is -4.38. The Morgan fingerprint density at radius 1 is 1.30 bits per heavy atom. The second-order valence-corrected chi connectivity index (χ2v) is 10.5. The van der Waals surface area contributed by atoms with Gasteiger partial charge in [0.05, 0.1) is 24.2 Å². The van der Waals surface area contributed by atoms with Gasteiger partial charge < -0.3 is 25.0 Å². The van der Waals surface area contributed by atoms with Crippen LogP contribution in [-0.4, -0.2) is 80.8 Å². The second kappa shape index (κ2) is 11.0. The average Bonchev–Trinajstić information content (AvgIpc) is 3.27. The van der Waals surface area contributed by atoms with Crippen LogP contribution in [0.5, 0.6) is 5.75 Å². The molecule has 2 fully saturated rings. The number of fused-ring (bicyclic) bond motifs is 1. The Labute approximate surface area is 233 Å². The van der Waals surface area contributed by atoms with Gasteiger partial charge in [0.2, 0.25) is 5.91 Å². The number of ether oxygens (including phenoxy) is 1. The van der Waals surface area contributed by atoms with Gasteiger partial charge in [0.25, 0.3) is 0 Å². The number of amides is 1. The van der Waals surface area contributed by atoms with E-state index >= 15 is 0 Å². The first-order valence-corrected chi connectivity index (χ1v) is 13.3. The molecule has 2 aromatic heterocycles. The number of nitrogen functional groups attached to an aromatic ring is 1. The molecule has 5 rings (SSSR count). The molecule has 3 N–H and O–H groups in total. The SMILES string of the molecule is C=CC(=O)N1CC[C@H](N2CC(C#Cc3c(-c4ccc(C#N)c(OC)c4)c4c(N)ncnc4n3C(C)C)C2)[C@H](O)C1. The molecule has 0 spiro atoms. The van der Waals surface area contributed by atoms with Crippen LogP contribution in [-0.2, 0) is 4.79 Å².